The first-order chi connectivity index (χ1) is 19.1. The largest absolute Gasteiger partial charge is 0.508 e. The number of nitrogens with two attached hydrogens (primary N) is 4. The highest BCUT2D eigenvalue weighted by Gasteiger charge is 2.28. The highest BCUT2D eigenvalue weighted by atomic mass is 16.3. The molecule has 14 nitrogen and oxygen atoms in total. The zero-order valence-corrected chi connectivity index (χ0v) is 21.9. The number of aromatic nitrogens is 3. The number of rotatable bonds is 6. The van der Waals surface area contributed by atoms with Gasteiger partial charge in [0.05, 0.1) is 5.56 Å². The van der Waals surface area contributed by atoms with Crippen LogP contribution in [0.1, 0.15) is 23.2 Å². The summed E-state index contributed by atoms with van der Waals surface area (Å²) < 4.78 is 0. The molecule has 0 radical (unpaired) electrons. The van der Waals surface area contributed by atoms with Crippen LogP contribution in [0.2, 0.25) is 0 Å². The first kappa shape index (κ1) is 27.3. The Labute approximate surface area is 231 Å². The molecule has 12 N–H and O–H groups in total. The molecule has 40 heavy (non-hydrogen) atoms. The number of nitrogens with zero attached hydrogens (tertiary/aromatic N) is 5. The van der Waals surface area contributed by atoms with E-state index in [0.29, 0.717) is 55.4 Å². The number of hydrogen-bond donors (Lipinski definition) is 8. The molecule has 4 atom stereocenters. The lowest BCUT2D eigenvalue weighted by Gasteiger charge is -2.37. The Kier molecular flexibility index (Phi) is 7.84. The molecule has 0 saturated carbocycles. The van der Waals surface area contributed by atoms with Crippen molar-refractivity contribution in [2.24, 2.45) is 22.9 Å². The maximum atomic E-state index is 12.7. The monoisotopic (exact) mass is 549 g/mol. The molecule has 14 heteroatoms. The molecule has 1 aromatic heterocycles. The molecule has 1 amide bonds. The van der Waals surface area contributed by atoms with Crippen LogP contribution < -0.4 is 43.4 Å². The molecule has 0 spiro atoms. The molecule has 2 fully saturated rings. The molecule has 2 aliphatic rings. The van der Waals surface area contributed by atoms with Crippen molar-refractivity contribution in [2.45, 2.75) is 37.0 Å². The Balaban J connectivity index is 1.41. The van der Waals surface area contributed by atoms with Gasteiger partial charge in [-0.05, 0) is 43.2 Å². The first-order valence-electron chi connectivity index (χ1n) is 13.1. The van der Waals surface area contributed by atoms with Gasteiger partial charge in [-0.15, -0.1) is 0 Å². The Morgan fingerprint density at radius 1 is 0.775 bits per heavy atom. The quantitative estimate of drug-likeness (QED) is 0.203. The highest BCUT2D eigenvalue weighted by molar-refractivity contribution is 6.06. The standard InChI is InChI=1S/C26H35N11O3/c27-14-6-15(28)11-36(10-14)25-33-24(34-26(35-25)37-12-16(29)7-17(30)13-37)32-19-3-1-2-18(8-19)31-23(40)21-5-4-20(38)9-22(21)39/h1-5,8-9,14-17,38-39H,6-7,10-13,27-30H2,(H,31,40)(H,32,33,34,35). The summed E-state index contributed by atoms with van der Waals surface area (Å²) in [5.74, 6) is 0.177. The minimum atomic E-state index is -0.532. The summed E-state index contributed by atoms with van der Waals surface area (Å²) in [7, 11) is 0. The van der Waals surface area contributed by atoms with Crippen molar-refractivity contribution in [2.75, 3.05) is 46.6 Å². The number of amides is 1. The lowest BCUT2D eigenvalue weighted by Crippen LogP contribution is -2.54. The van der Waals surface area contributed by atoms with Gasteiger partial charge in [0.1, 0.15) is 11.5 Å². The first-order valence-corrected chi connectivity index (χ1v) is 13.1. The summed E-state index contributed by atoms with van der Waals surface area (Å²) in [5, 5.41) is 25.5. The summed E-state index contributed by atoms with van der Waals surface area (Å²) in [5.41, 5.74) is 26.0. The average Bonchev–Trinajstić information content (AvgIpc) is 2.87. The van der Waals surface area contributed by atoms with Crippen LogP contribution in [0.15, 0.2) is 42.5 Å². The number of phenolic OH excluding ortho intramolecular Hbond substituents is 2. The van der Waals surface area contributed by atoms with Gasteiger partial charge in [0, 0.05) is 67.8 Å². The van der Waals surface area contributed by atoms with Gasteiger partial charge in [0.25, 0.3) is 5.91 Å². The lowest BCUT2D eigenvalue weighted by molar-refractivity contribution is 0.102. The van der Waals surface area contributed by atoms with E-state index in [1.54, 1.807) is 24.3 Å². The second-order valence-corrected chi connectivity index (χ2v) is 10.4. The van der Waals surface area contributed by atoms with E-state index < -0.39 is 5.91 Å². The fraction of sp³-hybridized carbons (Fsp3) is 0.385. The van der Waals surface area contributed by atoms with E-state index in [1.807, 2.05) is 9.80 Å². The Morgan fingerprint density at radius 2 is 1.32 bits per heavy atom. The zero-order valence-electron chi connectivity index (χ0n) is 21.9. The van der Waals surface area contributed by atoms with Crippen LogP contribution in [-0.2, 0) is 0 Å². The fourth-order valence-corrected chi connectivity index (χ4v) is 5.09. The van der Waals surface area contributed by atoms with Crippen LogP contribution >= 0.6 is 0 Å². The van der Waals surface area contributed by atoms with Crippen molar-refractivity contribution in [1.29, 1.82) is 0 Å². The Bertz CT molecular complexity index is 1310. The van der Waals surface area contributed by atoms with Crippen LogP contribution in [-0.4, -0.2) is 81.4 Å². The van der Waals surface area contributed by atoms with E-state index >= 15 is 0 Å². The maximum Gasteiger partial charge on any atom is 0.259 e. The third-order valence-electron chi connectivity index (χ3n) is 6.81. The summed E-state index contributed by atoms with van der Waals surface area (Å²) >= 11 is 0. The van der Waals surface area contributed by atoms with Crippen molar-refractivity contribution in [3.8, 4) is 11.5 Å². The summed E-state index contributed by atoms with van der Waals surface area (Å²) in [6.45, 7) is 2.23. The Hall–Kier alpha value is -4.24. The van der Waals surface area contributed by atoms with E-state index in [4.69, 9.17) is 27.9 Å². The van der Waals surface area contributed by atoms with E-state index in [0.717, 1.165) is 18.9 Å². The molecule has 0 bridgehead atoms. The van der Waals surface area contributed by atoms with E-state index in [-0.39, 0.29) is 41.2 Å². The number of phenols is 2. The molecule has 2 saturated heterocycles. The normalized spacial score (nSPS) is 23.1. The molecule has 2 aliphatic heterocycles. The van der Waals surface area contributed by atoms with Gasteiger partial charge < -0.3 is 53.6 Å². The molecular weight excluding hydrogens is 514 g/mol. The SMILES string of the molecule is NC1CC(N)CN(c2nc(Nc3cccc(NC(=O)c4ccc(O)cc4O)c3)nc(N3CC(N)CC(N)C3)n2)C1. The van der Waals surface area contributed by atoms with Crippen LogP contribution in [0.5, 0.6) is 11.5 Å². The maximum absolute atomic E-state index is 12.7. The summed E-state index contributed by atoms with van der Waals surface area (Å²) in [6.07, 6.45) is 1.44. The van der Waals surface area contributed by atoms with Gasteiger partial charge in [-0.1, -0.05) is 6.07 Å². The molecule has 2 aromatic carbocycles. The predicted molar refractivity (Wildman–Crippen MR) is 153 cm³/mol. The molecule has 3 aromatic rings. The smallest absolute Gasteiger partial charge is 0.259 e. The minimum Gasteiger partial charge on any atom is -0.508 e. The number of anilines is 5. The van der Waals surface area contributed by atoms with Crippen molar-refractivity contribution in [3.05, 3.63) is 48.0 Å². The van der Waals surface area contributed by atoms with Crippen LogP contribution in [0.3, 0.4) is 0 Å². The van der Waals surface area contributed by atoms with Gasteiger partial charge >= 0.3 is 0 Å². The highest BCUT2D eigenvalue weighted by Crippen LogP contribution is 2.26. The van der Waals surface area contributed by atoms with Gasteiger partial charge in [-0.2, -0.15) is 15.0 Å². The van der Waals surface area contributed by atoms with Crippen LogP contribution in [0.4, 0.5) is 29.2 Å². The van der Waals surface area contributed by atoms with E-state index in [2.05, 4.69) is 20.6 Å². The van der Waals surface area contributed by atoms with Crippen LogP contribution in [0, 0.1) is 0 Å². The molecule has 5 rings (SSSR count). The van der Waals surface area contributed by atoms with E-state index in [1.165, 1.54) is 12.1 Å². The van der Waals surface area contributed by atoms with E-state index in [9.17, 15) is 15.0 Å². The minimum absolute atomic E-state index is 0.0267. The number of benzene rings is 2. The number of carbonyl (C=O) groups is 1. The molecule has 212 valence electrons. The number of aromatic hydroxyl groups is 2. The number of carbonyl (C=O) groups excluding carboxylic acids is 1. The molecule has 3 heterocycles. The van der Waals surface area contributed by atoms with Crippen molar-refractivity contribution < 1.29 is 15.0 Å². The summed E-state index contributed by atoms with van der Waals surface area (Å²) in [4.78, 5) is 30.7. The van der Waals surface area contributed by atoms with Gasteiger partial charge in [-0.25, -0.2) is 0 Å². The van der Waals surface area contributed by atoms with Crippen molar-refractivity contribution >= 4 is 35.1 Å². The fourth-order valence-electron chi connectivity index (χ4n) is 5.09. The molecular formula is C26H35N11O3. The second kappa shape index (κ2) is 11.5. The second-order valence-electron chi connectivity index (χ2n) is 10.4. The summed E-state index contributed by atoms with van der Waals surface area (Å²) in [6, 6.07) is 10.3. The third-order valence-corrected chi connectivity index (χ3v) is 6.81. The van der Waals surface area contributed by atoms with Crippen LogP contribution in [0.25, 0.3) is 0 Å². The van der Waals surface area contributed by atoms with Gasteiger partial charge in [-0.3, -0.25) is 4.79 Å². The topological polar surface area (TPSA) is 231 Å². The van der Waals surface area contributed by atoms with Crippen molar-refractivity contribution in [1.82, 2.24) is 15.0 Å². The molecule has 4 unspecified atom stereocenters. The van der Waals surface area contributed by atoms with Gasteiger partial charge in [0.2, 0.25) is 17.8 Å². The predicted octanol–water partition coefficient (Wildman–Crippen LogP) is 0.00810. The number of nitrogens with one attached hydrogen (secondary N) is 2. The lowest BCUT2D eigenvalue weighted by atomic mass is 10.0. The molecule has 0 aliphatic carbocycles. The average molecular weight is 550 g/mol. The number of hydrogen-bond acceptors (Lipinski definition) is 13. The van der Waals surface area contributed by atoms with Gasteiger partial charge in [0.15, 0.2) is 0 Å². The zero-order chi connectivity index (χ0) is 28.4. The Morgan fingerprint density at radius 3 is 1.88 bits per heavy atom. The number of piperidine rings is 2. The third kappa shape index (κ3) is 6.48. The van der Waals surface area contributed by atoms with Crippen molar-refractivity contribution in [3.63, 3.8) is 0 Å².